The highest BCUT2D eigenvalue weighted by Gasteiger charge is 2.48. The number of aryl methyl sites for hydroxylation is 1. The maximum atomic E-state index is 12.5. The molecule has 0 bridgehead atoms. The molecule has 1 aromatic rings. The molecular formula is C14H18N2O3. The molecule has 1 aromatic heterocycles. The van der Waals surface area contributed by atoms with Gasteiger partial charge < -0.3 is 10.0 Å². The second-order valence-corrected chi connectivity index (χ2v) is 4.94. The molecule has 1 unspecified atom stereocenters. The van der Waals surface area contributed by atoms with Gasteiger partial charge in [-0.2, -0.15) is 0 Å². The van der Waals surface area contributed by atoms with E-state index in [1.54, 1.807) is 12.1 Å². The van der Waals surface area contributed by atoms with E-state index in [4.69, 9.17) is 0 Å². The standard InChI is InChI=1S/C14H18N2O3/c1-3-14(13(18)19)7-4-8-16(14)12(17)11-6-5-10(2)15-9-11/h5-6,9H,3-4,7-8H2,1-2H3,(H,18,19). The van der Waals surface area contributed by atoms with Crippen LogP contribution in [0.2, 0.25) is 0 Å². The third kappa shape index (κ3) is 2.20. The number of carbonyl (C=O) groups excluding carboxylic acids is 1. The number of carboxylic acid groups (broad SMARTS) is 1. The Morgan fingerprint density at radius 2 is 2.21 bits per heavy atom. The number of aromatic nitrogens is 1. The summed E-state index contributed by atoms with van der Waals surface area (Å²) in [5, 5.41) is 9.46. The maximum absolute atomic E-state index is 12.5. The van der Waals surface area contributed by atoms with Crippen LogP contribution < -0.4 is 0 Å². The van der Waals surface area contributed by atoms with Crippen molar-refractivity contribution in [2.45, 2.75) is 38.6 Å². The van der Waals surface area contributed by atoms with Gasteiger partial charge in [0, 0.05) is 18.4 Å². The van der Waals surface area contributed by atoms with Crippen LogP contribution in [0.5, 0.6) is 0 Å². The van der Waals surface area contributed by atoms with Gasteiger partial charge in [-0.05, 0) is 38.3 Å². The number of likely N-dealkylation sites (tertiary alicyclic amines) is 1. The van der Waals surface area contributed by atoms with Gasteiger partial charge in [-0.25, -0.2) is 4.79 Å². The SMILES string of the molecule is CCC1(C(=O)O)CCCN1C(=O)c1ccc(C)nc1. The van der Waals surface area contributed by atoms with Gasteiger partial charge >= 0.3 is 5.97 Å². The van der Waals surface area contributed by atoms with E-state index in [0.717, 1.165) is 12.1 Å². The molecule has 1 aliphatic rings. The quantitative estimate of drug-likeness (QED) is 0.902. The van der Waals surface area contributed by atoms with Crippen LogP contribution in [0.3, 0.4) is 0 Å². The summed E-state index contributed by atoms with van der Waals surface area (Å²) in [6.07, 6.45) is 3.18. The summed E-state index contributed by atoms with van der Waals surface area (Å²) in [6, 6.07) is 3.46. The lowest BCUT2D eigenvalue weighted by molar-refractivity contribution is -0.148. The molecule has 1 atom stereocenters. The highest BCUT2D eigenvalue weighted by Crippen LogP contribution is 2.33. The zero-order chi connectivity index (χ0) is 14.0. The second kappa shape index (κ2) is 4.99. The minimum absolute atomic E-state index is 0.241. The highest BCUT2D eigenvalue weighted by atomic mass is 16.4. The van der Waals surface area contributed by atoms with E-state index in [9.17, 15) is 14.7 Å². The van der Waals surface area contributed by atoms with Crippen LogP contribution in [0, 0.1) is 6.92 Å². The van der Waals surface area contributed by atoms with E-state index in [1.807, 2.05) is 13.8 Å². The number of nitrogens with zero attached hydrogens (tertiary/aromatic N) is 2. The molecule has 0 aliphatic carbocycles. The Morgan fingerprint density at radius 1 is 1.47 bits per heavy atom. The molecule has 0 radical (unpaired) electrons. The first-order valence-electron chi connectivity index (χ1n) is 6.49. The zero-order valence-corrected chi connectivity index (χ0v) is 11.2. The summed E-state index contributed by atoms with van der Waals surface area (Å²) < 4.78 is 0. The number of rotatable bonds is 3. The van der Waals surface area contributed by atoms with Crippen molar-refractivity contribution in [3.8, 4) is 0 Å². The smallest absolute Gasteiger partial charge is 0.329 e. The van der Waals surface area contributed by atoms with Crippen molar-refractivity contribution >= 4 is 11.9 Å². The van der Waals surface area contributed by atoms with Crippen LogP contribution in [0.25, 0.3) is 0 Å². The summed E-state index contributed by atoms with van der Waals surface area (Å²) in [6.45, 7) is 4.15. The third-order valence-corrected chi connectivity index (χ3v) is 3.88. The fourth-order valence-corrected chi connectivity index (χ4v) is 2.67. The van der Waals surface area contributed by atoms with Crippen LogP contribution >= 0.6 is 0 Å². The van der Waals surface area contributed by atoms with Gasteiger partial charge in [-0.3, -0.25) is 9.78 Å². The molecular weight excluding hydrogens is 244 g/mol. The summed E-state index contributed by atoms with van der Waals surface area (Å²) in [5.74, 6) is -1.16. The van der Waals surface area contributed by atoms with Crippen molar-refractivity contribution in [2.75, 3.05) is 6.54 Å². The van der Waals surface area contributed by atoms with E-state index in [2.05, 4.69) is 4.98 Å². The van der Waals surface area contributed by atoms with E-state index in [-0.39, 0.29) is 5.91 Å². The maximum Gasteiger partial charge on any atom is 0.329 e. The average molecular weight is 262 g/mol. The molecule has 1 aliphatic heterocycles. The van der Waals surface area contributed by atoms with Gasteiger partial charge in [0.1, 0.15) is 5.54 Å². The van der Waals surface area contributed by atoms with Crippen LogP contribution in [0.15, 0.2) is 18.3 Å². The molecule has 1 N–H and O–H groups in total. The van der Waals surface area contributed by atoms with Gasteiger partial charge in [0.05, 0.1) is 5.56 Å². The Morgan fingerprint density at radius 3 is 2.74 bits per heavy atom. The Labute approximate surface area is 112 Å². The topological polar surface area (TPSA) is 70.5 Å². The van der Waals surface area contributed by atoms with Crippen molar-refractivity contribution in [3.63, 3.8) is 0 Å². The lowest BCUT2D eigenvalue weighted by atomic mass is 9.92. The number of hydrogen-bond acceptors (Lipinski definition) is 3. The fourth-order valence-electron chi connectivity index (χ4n) is 2.67. The zero-order valence-electron chi connectivity index (χ0n) is 11.2. The molecule has 102 valence electrons. The van der Waals surface area contributed by atoms with Crippen LogP contribution in [0.4, 0.5) is 0 Å². The Hall–Kier alpha value is -1.91. The summed E-state index contributed by atoms with van der Waals surface area (Å²) in [5.41, 5.74) is 0.228. The molecule has 2 rings (SSSR count). The predicted octanol–water partition coefficient (Wildman–Crippen LogP) is 1.86. The average Bonchev–Trinajstić information content (AvgIpc) is 2.83. The second-order valence-electron chi connectivity index (χ2n) is 4.94. The van der Waals surface area contributed by atoms with Crippen molar-refractivity contribution in [1.82, 2.24) is 9.88 Å². The van der Waals surface area contributed by atoms with E-state index in [0.29, 0.717) is 24.9 Å². The molecule has 0 aromatic carbocycles. The lowest BCUT2D eigenvalue weighted by Gasteiger charge is -2.33. The monoisotopic (exact) mass is 262 g/mol. The fraction of sp³-hybridized carbons (Fsp3) is 0.500. The molecule has 0 spiro atoms. The molecule has 5 nitrogen and oxygen atoms in total. The van der Waals surface area contributed by atoms with E-state index in [1.165, 1.54) is 11.1 Å². The van der Waals surface area contributed by atoms with Gasteiger partial charge in [0.2, 0.25) is 0 Å². The first-order valence-corrected chi connectivity index (χ1v) is 6.49. The number of pyridine rings is 1. The minimum atomic E-state index is -1.05. The Balaban J connectivity index is 2.32. The first kappa shape index (κ1) is 13.5. The van der Waals surface area contributed by atoms with E-state index >= 15 is 0 Å². The van der Waals surface area contributed by atoms with Crippen molar-refractivity contribution in [3.05, 3.63) is 29.6 Å². The van der Waals surface area contributed by atoms with E-state index < -0.39 is 11.5 Å². The molecule has 1 fully saturated rings. The summed E-state index contributed by atoms with van der Waals surface area (Å²) >= 11 is 0. The number of amides is 1. The number of hydrogen-bond donors (Lipinski definition) is 1. The largest absolute Gasteiger partial charge is 0.479 e. The first-order chi connectivity index (χ1) is 9.01. The normalized spacial score (nSPS) is 22.5. The Kier molecular flexibility index (Phi) is 3.55. The molecule has 1 amide bonds. The lowest BCUT2D eigenvalue weighted by Crippen LogP contribution is -2.52. The highest BCUT2D eigenvalue weighted by molar-refractivity contribution is 5.98. The van der Waals surface area contributed by atoms with Crippen LogP contribution in [-0.4, -0.2) is 39.0 Å². The van der Waals surface area contributed by atoms with Crippen molar-refractivity contribution < 1.29 is 14.7 Å². The Bertz CT molecular complexity index is 498. The predicted molar refractivity (Wildman–Crippen MR) is 69.9 cm³/mol. The van der Waals surface area contributed by atoms with Gasteiger partial charge in [-0.15, -0.1) is 0 Å². The number of carboxylic acids is 1. The van der Waals surface area contributed by atoms with Crippen molar-refractivity contribution in [2.24, 2.45) is 0 Å². The number of aliphatic carboxylic acids is 1. The van der Waals surface area contributed by atoms with Gasteiger partial charge in [0.25, 0.3) is 5.91 Å². The third-order valence-electron chi connectivity index (χ3n) is 3.88. The molecule has 1 saturated heterocycles. The van der Waals surface area contributed by atoms with Crippen LogP contribution in [-0.2, 0) is 4.79 Å². The summed E-state index contributed by atoms with van der Waals surface area (Å²) in [4.78, 5) is 29.6. The molecule has 2 heterocycles. The molecule has 5 heteroatoms. The van der Waals surface area contributed by atoms with Gasteiger partial charge in [-0.1, -0.05) is 6.92 Å². The summed E-state index contributed by atoms with van der Waals surface area (Å²) in [7, 11) is 0. The number of carbonyl (C=O) groups is 2. The van der Waals surface area contributed by atoms with Crippen molar-refractivity contribution in [1.29, 1.82) is 0 Å². The van der Waals surface area contributed by atoms with Crippen LogP contribution in [0.1, 0.15) is 42.2 Å². The van der Waals surface area contributed by atoms with Gasteiger partial charge in [0.15, 0.2) is 0 Å². The minimum Gasteiger partial charge on any atom is -0.479 e. The molecule has 0 saturated carbocycles. The molecule has 19 heavy (non-hydrogen) atoms.